The predicted molar refractivity (Wildman–Crippen MR) is 126 cm³/mol. The van der Waals surface area contributed by atoms with E-state index in [1.54, 1.807) is 18.2 Å². The fourth-order valence-corrected chi connectivity index (χ4v) is 5.40. The highest BCUT2D eigenvalue weighted by Gasteiger charge is 2.39. The lowest BCUT2D eigenvalue weighted by molar-refractivity contribution is -0.141. The van der Waals surface area contributed by atoms with Crippen LogP contribution in [0.1, 0.15) is 40.7 Å². The molecule has 0 radical (unpaired) electrons. The van der Waals surface area contributed by atoms with Gasteiger partial charge in [0.2, 0.25) is 5.91 Å². The number of benzene rings is 2. The number of hydrogen-bond acceptors (Lipinski definition) is 7. The molecular formula is C25H26FN7O2. The van der Waals surface area contributed by atoms with Crippen LogP contribution < -0.4 is 5.01 Å². The van der Waals surface area contributed by atoms with E-state index in [2.05, 4.69) is 10.1 Å². The second-order valence-electron chi connectivity index (χ2n) is 9.15. The minimum absolute atomic E-state index is 0.0206. The Morgan fingerprint density at radius 3 is 2.89 bits per heavy atom. The minimum atomic E-state index is -0.528. The standard InChI is InChI=1S/C25H26FN7O2/c26-23-6-2-17(9-18(23)11-27)24-13-31-7-8-32(12-20(31)14-35-24)25(34)22-4-1-16-10-19(3-5-21(16)22)33(15-28)30-29/h2-3,5-6,9-10,15,20,22,24,28-29H,1,4,7-8,12-14H2. The molecule has 3 atom stereocenters. The van der Waals surface area contributed by atoms with Crippen LogP contribution in [0.2, 0.25) is 0 Å². The lowest BCUT2D eigenvalue weighted by Crippen LogP contribution is -2.60. The van der Waals surface area contributed by atoms with E-state index in [1.807, 2.05) is 23.1 Å². The summed E-state index contributed by atoms with van der Waals surface area (Å²) in [5.41, 5.74) is 10.7. The van der Waals surface area contributed by atoms with E-state index >= 15 is 0 Å². The van der Waals surface area contributed by atoms with Gasteiger partial charge in [-0.3, -0.25) is 15.1 Å². The molecule has 1 aliphatic carbocycles. The number of anilines is 1. The second-order valence-corrected chi connectivity index (χ2v) is 9.15. The summed E-state index contributed by atoms with van der Waals surface area (Å²) >= 11 is 0. The number of morpholine rings is 1. The van der Waals surface area contributed by atoms with Gasteiger partial charge in [-0.2, -0.15) is 10.8 Å². The zero-order valence-electron chi connectivity index (χ0n) is 19.2. The van der Waals surface area contributed by atoms with E-state index in [-0.39, 0.29) is 29.5 Å². The highest BCUT2D eigenvalue weighted by atomic mass is 19.1. The first kappa shape index (κ1) is 23.1. The van der Waals surface area contributed by atoms with Crippen molar-refractivity contribution in [1.82, 2.24) is 9.80 Å². The third-order valence-electron chi connectivity index (χ3n) is 7.29. The molecule has 2 fully saturated rings. The van der Waals surface area contributed by atoms with Gasteiger partial charge in [0.05, 0.1) is 35.9 Å². The Balaban J connectivity index is 1.24. The number of nitrogens with zero attached hydrogens (tertiary/aromatic N) is 5. The quantitative estimate of drug-likeness (QED) is 0.297. The smallest absolute Gasteiger partial charge is 0.230 e. The molecule has 3 aliphatic rings. The second kappa shape index (κ2) is 9.52. The minimum Gasteiger partial charge on any atom is -0.370 e. The molecule has 0 aromatic heterocycles. The van der Waals surface area contributed by atoms with Crippen molar-refractivity contribution < 1.29 is 13.9 Å². The number of carbonyl (C=O) groups is 1. The van der Waals surface area contributed by atoms with Crippen LogP contribution in [0.25, 0.3) is 0 Å². The Morgan fingerprint density at radius 2 is 2.11 bits per heavy atom. The maximum Gasteiger partial charge on any atom is 0.230 e. The highest BCUT2D eigenvalue weighted by Crippen LogP contribution is 2.37. The molecule has 0 saturated carbocycles. The van der Waals surface area contributed by atoms with Crippen molar-refractivity contribution in [3.05, 3.63) is 64.5 Å². The van der Waals surface area contributed by atoms with Crippen molar-refractivity contribution in [2.75, 3.05) is 37.8 Å². The van der Waals surface area contributed by atoms with Crippen LogP contribution in [0, 0.1) is 28.1 Å². The molecule has 1 amide bonds. The monoisotopic (exact) mass is 475 g/mol. The fraction of sp³-hybridized carbons (Fsp3) is 0.400. The summed E-state index contributed by atoms with van der Waals surface area (Å²) in [5, 5.41) is 21.0. The van der Waals surface area contributed by atoms with E-state index in [9.17, 15) is 9.18 Å². The van der Waals surface area contributed by atoms with E-state index in [0.717, 1.165) is 42.4 Å². The maximum absolute atomic E-state index is 13.7. The van der Waals surface area contributed by atoms with Gasteiger partial charge in [-0.05, 0) is 53.8 Å². The maximum atomic E-state index is 13.7. The highest BCUT2D eigenvalue weighted by molar-refractivity contribution is 5.86. The third kappa shape index (κ3) is 4.29. The molecule has 9 nitrogen and oxygen atoms in total. The van der Waals surface area contributed by atoms with Crippen LogP contribution in [0.15, 0.2) is 41.6 Å². The summed E-state index contributed by atoms with van der Waals surface area (Å²) in [7, 11) is 0. The lowest BCUT2D eigenvalue weighted by atomic mass is 9.97. The van der Waals surface area contributed by atoms with E-state index < -0.39 is 5.82 Å². The van der Waals surface area contributed by atoms with Gasteiger partial charge in [-0.25, -0.2) is 9.40 Å². The first-order valence-electron chi connectivity index (χ1n) is 11.7. The van der Waals surface area contributed by atoms with Crippen molar-refractivity contribution in [2.24, 2.45) is 5.22 Å². The molecule has 2 heterocycles. The molecule has 3 unspecified atom stereocenters. The van der Waals surface area contributed by atoms with Crippen molar-refractivity contribution in [2.45, 2.75) is 30.9 Å². The van der Waals surface area contributed by atoms with Crippen LogP contribution in [-0.2, 0) is 16.0 Å². The van der Waals surface area contributed by atoms with Crippen LogP contribution in [0.4, 0.5) is 10.1 Å². The number of piperazine rings is 1. The summed E-state index contributed by atoms with van der Waals surface area (Å²) in [6, 6.07) is 12.2. The number of halogens is 1. The molecule has 0 bridgehead atoms. The average molecular weight is 476 g/mol. The van der Waals surface area contributed by atoms with Crippen molar-refractivity contribution in [3.8, 4) is 6.07 Å². The third-order valence-corrected chi connectivity index (χ3v) is 7.29. The summed E-state index contributed by atoms with van der Waals surface area (Å²) in [4.78, 5) is 17.7. The summed E-state index contributed by atoms with van der Waals surface area (Å²) in [6.45, 7) is 3.08. The summed E-state index contributed by atoms with van der Waals surface area (Å²) in [6.07, 6.45) is 2.28. The molecule has 180 valence electrons. The zero-order chi connectivity index (χ0) is 24.5. The van der Waals surface area contributed by atoms with E-state index in [1.165, 1.54) is 11.1 Å². The van der Waals surface area contributed by atoms with Crippen LogP contribution in [0.5, 0.6) is 0 Å². The Bertz CT molecular complexity index is 1200. The van der Waals surface area contributed by atoms with Gasteiger partial charge in [0.25, 0.3) is 0 Å². The van der Waals surface area contributed by atoms with Gasteiger partial charge >= 0.3 is 0 Å². The Morgan fingerprint density at radius 1 is 1.26 bits per heavy atom. The molecule has 35 heavy (non-hydrogen) atoms. The van der Waals surface area contributed by atoms with Gasteiger partial charge in [0.1, 0.15) is 18.2 Å². The van der Waals surface area contributed by atoms with E-state index in [0.29, 0.717) is 31.9 Å². The number of hydrogen-bond donors (Lipinski definition) is 2. The fourth-order valence-electron chi connectivity index (χ4n) is 5.40. The predicted octanol–water partition coefficient (Wildman–Crippen LogP) is 3.37. The normalized spacial score (nSPS) is 23.7. The topological polar surface area (TPSA) is 120 Å². The molecule has 2 saturated heterocycles. The molecular weight excluding hydrogens is 449 g/mol. The lowest BCUT2D eigenvalue weighted by Gasteiger charge is -2.46. The molecule has 10 heteroatoms. The Kier molecular flexibility index (Phi) is 6.28. The molecule has 2 aliphatic heterocycles. The number of nitriles is 1. The number of rotatable bonds is 5. The Hall–Kier alpha value is -3.68. The van der Waals surface area contributed by atoms with Crippen LogP contribution >= 0.6 is 0 Å². The number of nitrogens with one attached hydrogen (secondary N) is 2. The zero-order valence-corrected chi connectivity index (χ0v) is 19.2. The Labute approximate surface area is 202 Å². The molecule has 5 rings (SSSR count). The number of fused-ring (bicyclic) bond motifs is 2. The molecule has 2 aromatic rings. The molecule has 2 N–H and O–H groups in total. The number of aryl methyl sites for hydroxylation is 1. The summed E-state index contributed by atoms with van der Waals surface area (Å²) in [5.74, 6) is -0.586. The van der Waals surface area contributed by atoms with Gasteiger partial charge in [-0.15, -0.1) is 0 Å². The first-order chi connectivity index (χ1) is 17.0. The largest absolute Gasteiger partial charge is 0.370 e. The van der Waals surface area contributed by atoms with Gasteiger partial charge in [0.15, 0.2) is 0 Å². The van der Waals surface area contributed by atoms with Crippen LogP contribution in [-0.4, -0.2) is 60.9 Å². The van der Waals surface area contributed by atoms with Crippen molar-refractivity contribution in [1.29, 1.82) is 16.2 Å². The average Bonchev–Trinajstić information content (AvgIpc) is 3.32. The number of carbonyl (C=O) groups excluding carboxylic acids is 1. The number of amides is 1. The van der Waals surface area contributed by atoms with Crippen molar-refractivity contribution >= 4 is 17.9 Å². The number of ether oxygens (including phenoxy) is 1. The molecule has 0 spiro atoms. The van der Waals surface area contributed by atoms with Gasteiger partial charge in [-0.1, -0.05) is 17.4 Å². The van der Waals surface area contributed by atoms with Crippen LogP contribution in [0.3, 0.4) is 0 Å². The van der Waals surface area contributed by atoms with Crippen molar-refractivity contribution in [3.63, 3.8) is 0 Å². The summed E-state index contributed by atoms with van der Waals surface area (Å²) < 4.78 is 19.8. The molecule has 2 aromatic carbocycles. The SMILES string of the molecule is N#Cc1cc(C2CN3CCN(C(=O)C4CCc5cc(N(C=N)N=N)ccc54)CC3CO2)ccc1F. The van der Waals surface area contributed by atoms with Gasteiger partial charge < -0.3 is 9.64 Å². The van der Waals surface area contributed by atoms with Gasteiger partial charge in [0, 0.05) is 26.2 Å². The van der Waals surface area contributed by atoms with E-state index in [4.69, 9.17) is 20.9 Å². The first-order valence-corrected chi connectivity index (χ1v) is 11.7.